The minimum absolute atomic E-state index is 0. The summed E-state index contributed by atoms with van der Waals surface area (Å²) in [7, 11) is -1.39. The van der Waals surface area contributed by atoms with Crippen molar-refractivity contribution in [3.8, 4) is 0 Å². The Morgan fingerprint density at radius 1 is 0.750 bits per heavy atom. The molecule has 0 aromatic carbocycles. The Balaban J connectivity index is 0. The predicted molar refractivity (Wildman–Crippen MR) is 79.6 cm³/mol. The molecule has 0 spiro atoms. The average Bonchev–Trinajstić information content (AvgIpc) is 2.70. The molecule has 0 saturated heterocycles. The molecule has 0 N–H and O–H groups in total. The summed E-state index contributed by atoms with van der Waals surface area (Å²) >= 11 is 0. The van der Waals surface area contributed by atoms with E-state index in [2.05, 4.69) is 52.9 Å². The molecule has 4 heteroatoms. The van der Waals surface area contributed by atoms with Gasteiger partial charge in [-0.05, 0) is 40.5 Å². The van der Waals surface area contributed by atoms with Gasteiger partial charge in [0.15, 0.2) is 0 Å². The first-order valence-corrected chi connectivity index (χ1v) is 9.57. The van der Waals surface area contributed by atoms with Crippen LogP contribution in [0.4, 0.5) is 0 Å². The molecule has 2 aliphatic carbocycles. The van der Waals surface area contributed by atoms with E-state index in [4.69, 9.17) is 0 Å². The Labute approximate surface area is 156 Å². The third kappa shape index (κ3) is 4.31. The molecule has 0 aromatic rings. The zero-order chi connectivity index (χ0) is 12.8. The minimum atomic E-state index is -1.39. The second kappa shape index (κ2) is 8.31. The first-order chi connectivity index (χ1) is 7.82. The van der Waals surface area contributed by atoms with Gasteiger partial charge < -0.3 is 24.8 Å². The fourth-order valence-corrected chi connectivity index (χ4v) is 7.38. The maximum Gasteiger partial charge on any atom is 0.104 e. The monoisotopic (exact) mass is 494 g/mol. The second-order valence-corrected chi connectivity index (χ2v) is 10.7. The fourth-order valence-electron chi connectivity index (χ4n) is 3.46. The van der Waals surface area contributed by atoms with Gasteiger partial charge in [-0.1, -0.05) is 57.9 Å². The number of allylic oxidation sites excluding steroid dienone is 8. The van der Waals surface area contributed by atoms with E-state index >= 15 is 0 Å². The van der Waals surface area contributed by atoms with E-state index in [9.17, 15) is 0 Å². The number of rotatable bonds is 2. The molecule has 0 saturated carbocycles. The Hall–Kier alpha value is 0.627. The smallest absolute Gasteiger partial charge is 0.104 e. The summed E-state index contributed by atoms with van der Waals surface area (Å²) in [5.41, 5.74) is 6.17. The third-order valence-electron chi connectivity index (χ3n) is 4.30. The quantitative estimate of drug-likeness (QED) is 0.438. The molecule has 0 bridgehead atoms. The van der Waals surface area contributed by atoms with Crippen molar-refractivity contribution in [3.05, 3.63) is 44.8 Å². The number of hydrogen-bond acceptors (Lipinski definition) is 0. The average molecular weight is 494 g/mol. The summed E-state index contributed by atoms with van der Waals surface area (Å²) < 4.78 is 0. The van der Waals surface area contributed by atoms with Crippen LogP contribution < -0.4 is 24.8 Å². The first-order valence-electron chi connectivity index (χ1n) is 6.57. The molecule has 2 aliphatic rings. The van der Waals surface area contributed by atoms with Gasteiger partial charge in [0.25, 0.3) is 0 Å². The van der Waals surface area contributed by atoms with E-state index in [0.717, 1.165) is 0 Å². The van der Waals surface area contributed by atoms with Gasteiger partial charge in [-0.25, -0.2) is 0 Å². The van der Waals surface area contributed by atoms with Crippen LogP contribution in [0.5, 0.6) is 0 Å². The van der Waals surface area contributed by atoms with Gasteiger partial charge in [0, 0.05) is 25.8 Å². The van der Waals surface area contributed by atoms with Crippen LogP contribution in [0.3, 0.4) is 0 Å². The van der Waals surface area contributed by atoms with Crippen molar-refractivity contribution in [2.24, 2.45) is 0 Å². The Kier molecular flexibility index (Phi) is 9.52. The molecule has 0 aliphatic heterocycles. The van der Waals surface area contributed by atoms with E-state index in [1.807, 2.05) is 0 Å². The number of hydrogen-bond donors (Lipinski definition) is 0. The zero-order valence-electron chi connectivity index (χ0n) is 13.3. The summed E-state index contributed by atoms with van der Waals surface area (Å²) in [4.78, 5) is 0. The molecular weight excluding hydrogens is 470 g/mol. The van der Waals surface area contributed by atoms with Crippen molar-refractivity contribution >= 4 is 8.07 Å². The van der Waals surface area contributed by atoms with Crippen molar-refractivity contribution in [1.82, 2.24) is 0 Å². The second-order valence-electron chi connectivity index (χ2n) is 6.28. The first kappa shape index (κ1) is 22.9. The van der Waals surface area contributed by atoms with Crippen molar-refractivity contribution in [1.29, 1.82) is 0 Å². The van der Waals surface area contributed by atoms with Gasteiger partial charge in [-0.3, -0.25) is 0 Å². The van der Waals surface area contributed by atoms with Gasteiger partial charge in [0.2, 0.25) is 0 Å². The SMILES string of the molecule is CC1=CC(C)=C([Si](C)(C)C2=C(C)C=C(C)C2)C1.[Cl-].[Cl-].[Hf]. The van der Waals surface area contributed by atoms with E-state index in [-0.39, 0.29) is 50.7 Å². The molecule has 0 heterocycles. The summed E-state index contributed by atoms with van der Waals surface area (Å²) in [6, 6.07) is 0. The van der Waals surface area contributed by atoms with Crippen LogP contribution in [-0.4, -0.2) is 8.07 Å². The third-order valence-corrected chi connectivity index (χ3v) is 8.46. The van der Waals surface area contributed by atoms with Gasteiger partial charge in [-0.15, -0.1) is 0 Å². The molecule has 112 valence electrons. The molecule has 0 fully saturated rings. The van der Waals surface area contributed by atoms with Crippen LogP contribution in [0.15, 0.2) is 44.8 Å². The molecule has 2 rings (SSSR count). The normalized spacial score (nSPS) is 18.1. The maximum absolute atomic E-state index is 2.53. The Morgan fingerprint density at radius 2 is 1.05 bits per heavy atom. The Bertz CT molecular complexity index is 453. The molecule has 0 aromatic heterocycles. The predicted octanol–water partition coefficient (Wildman–Crippen LogP) is -0.888. The van der Waals surface area contributed by atoms with Crippen molar-refractivity contribution in [2.45, 2.75) is 53.6 Å². The summed E-state index contributed by atoms with van der Waals surface area (Å²) in [6.07, 6.45) is 7.21. The van der Waals surface area contributed by atoms with Crippen molar-refractivity contribution < 1.29 is 50.7 Å². The van der Waals surface area contributed by atoms with Crippen molar-refractivity contribution in [3.63, 3.8) is 0 Å². The Morgan fingerprint density at radius 3 is 1.25 bits per heavy atom. The minimum Gasteiger partial charge on any atom is -1.00 e. The van der Waals surface area contributed by atoms with Gasteiger partial charge in [0.1, 0.15) is 8.07 Å². The molecule has 0 radical (unpaired) electrons. The molecule has 0 atom stereocenters. The van der Waals surface area contributed by atoms with Crippen LogP contribution in [0.1, 0.15) is 40.5 Å². The van der Waals surface area contributed by atoms with E-state index < -0.39 is 8.07 Å². The maximum atomic E-state index is 2.53. The summed E-state index contributed by atoms with van der Waals surface area (Å²) in [6.45, 7) is 14.2. The van der Waals surface area contributed by atoms with Crippen LogP contribution in [0.25, 0.3) is 0 Å². The molecule has 0 nitrogen and oxygen atoms in total. The van der Waals surface area contributed by atoms with Crippen LogP contribution in [-0.2, 0) is 25.8 Å². The van der Waals surface area contributed by atoms with Gasteiger partial charge in [-0.2, -0.15) is 0 Å². The van der Waals surface area contributed by atoms with E-state index in [1.54, 1.807) is 32.7 Å². The van der Waals surface area contributed by atoms with E-state index in [0.29, 0.717) is 0 Å². The zero-order valence-corrected chi connectivity index (χ0v) is 19.4. The topological polar surface area (TPSA) is 0 Å². The summed E-state index contributed by atoms with van der Waals surface area (Å²) in [5, 5.41) is 3.51. The molecule has 0 amide bonds. The van der Waals surface area contributed by atoms with Crippen LogP contribution in [0.2, 0.25) is 13.1 Å². The summed E-state index contributed by atoms with van der Waals surface area (Å²) in [5.74, 6) is 0. The van der Waals surface area contributed by atoms with Crippen LogP contribution >= 0.6 is 0 Å². The van der Waals surface area contributed by atoms with Crippen LogP contribution in [0, 0.1) is 0 Å². The largest absolute Gasteiger partial charge is 1.00 e. The molecular formula is C16H24Cl2HfSi-2. The standard InChI is InChI=1S/C16H24Si.2ClH.Hf/c1-11-7-13(3)15(9-11)17(5,6)16-10-12(2)8-14(16)4;;;/h7-8H,9-10H2,1-6H3;2*1H;/p-2. The number of halogens is 2. The van der Waals surface area contributed by atoms with Gasteiger partial charge in [0.05, 0.1) is 0 Å². The van der Waals surface area contributed by atoms with Gasteiger partial charge >= 0.3 is 0 Å². The fraction of sp³-hybridized carbons (Fsp3) is 0.500. The molecule has 0 unspecified atom stereocenters. The van der Waals surface area contributed by atoms with E-state index in [1.165, 1.54) is 12.8 Å². The van der Waals surface area contributed by atoms with Crippen molar-refractivity contribution in [2.75, 3.05) is 0 Å². The molecule has 20 heavy (non-hydrogen) atoms.